The van der Waals surface area contributed by atoms with E-state index in [2.05, 4.69) is 6.58 Å². The predicted molar refractivity (Wildman–Crippen MR) is 110 cm³/mol. The molecule has 0 radical (unpaired) electrons. The first kappa shape index (κ1) is 20.0. The molecule has 3 rings (SSSR count). The number of hydrogen-bond acceptors (Lipinski definition) is 3. The number of carbonyl (C=O) groups excluding carboxylic acids is 1. The first-order chi connectivity index (χ1) is 13.8. The molecule has 2 N–H and O–H groups in total. The highest BCUT2D eigenvalue weighted by Gasteiger charge is 2.46. The second-order valence-electron chi connectivity index (χ2n) is 6.96. The molecule has 0 spiro atoms. The maximum Gasteiger partial charge on any atom is 0.332 e. The number of carboxylic acid groups (broad SMARTS) is 2. The first-order valence-electron chi connectivity index (χ1n) is 9.06. The zero-order valence-electron chi connectivity index (χ0n) is 15.7. The van der Waals surface area contributed by atoms with E-state index in [4.69, 9.17) is 0 Å². The van der Waals surface area contributed by atoms with Crippen molar-refractivity contribution in [2.75, 3.05) is 0 Å². The van der Waals surface area contributed by atoms with Gasteiger partial charge < -0.3 is 10.2 Å². The molecule has 29 heavy (non-hydrogen) atoms. The van der Waals surface area contributed by atoms with Crippen LogP contribution in [0.5, 0.6) is 0 Å². The van der Waals surface area contributed by atoms with Gasteiger partial charge in [0, 0.05) is 17.6 Å². The molecule has 0 fully saturated rings. The molecule has 0 aliphatic rings. The number of fused-ring (bicyclic) bond motifs is 1. The summed E-state index contributed by atoms with van der Waals surface area (Å²) in [7, 11) is 0. The van der Waals surface area contributed by atoms with Gasteiger partial charge in [0.2, 0.25) is 0 Å². The number of rotatable bonds is 8. The number of carboxylic acids is 2. The van der Waals surface area contributed by atoms with E-state index in [-0.39, 0.29) is 6.42 Å². The summed E-state index contributed by atoms with van der Waals surface area (Å²) in [5.74, 6) is -3.26. The van der Waals surface area contributed by atoms with Crippen LogP contribution in [0.2, 0.25) is 0 Å². The fraction of sp³-hybridized carbons (Fsp3) is 0.125. The molecule has 0 saturated heterocycles. The lowest BCUT2D eigenvalue weighted by molar-refractivity contribution is -0.150. The van der Waals surface area contributed by atoms with Gasteiger partial charge >= 0.3 is 11.9 Å². The van der Waals surface area contributed by atoms with Crippen molar-refractivity contribution in [3.8, 4) is 0 Å². The average Bonchev–Trinajstić information content (AvgIpc) is 2.72. The van der Waals surface area contributed by atoms with Gasteiger partial charge in [-0.15, -0.1) is 0 Å². The van der Waals surface area contributed by atoms with Gasteiger partial charge in [0.15, 0.2) is 5.78 Å². The second kappa shape index (κ2) is 8.10. The largest absolute Gasteiger partial charge is 0.481 e. The standard InChI is InChI=1S/C24H20O5/c1-16(22(26)27)24(23(28)29,14-17-8-3-2-4-9-17)15-21(25)20-13-7-11-18-10-5-6-12-19(18)20/h2-13H,1,14-15H2,(H,26,27)(H,28,29). The molecular formula is C24H20O5. The van der Waals surface area contributed by atoms with E-state index >= 15 is 0 Å². The summed E-state index contributed by atoms with van der Waals surface area (Å²) in [6.45, 7) is 3.52. The molecule has 5 heteroatoms. The summed E-state index contributed by atoms with van der Waals surface area (Å²) in [5, 5.41) is 21.1. The van der Waals surface area contributed by atoms with Crippen LogP contribution in [0.3, 0.4) is 0 Å². The number of benzene rings is 3. The fourth-order valence-corrected chi connectivity index (χ4v) is 3.54. The van der Waals surface area contributed by atoms with Gasteiger partial charge in [-0.1, -0.05) is 79.4 Å². The van der Waals surface area contributed by atoms with Crippen LogP contribution in [-0.2, 0) is 16.0 Å². The van der Waals surface area contributed by atoms with Gasteiger partial charge in [-0.2, -0.15) is 0 Å². The summed E-state index contributed by atoms with van der Waals surface area (Å²) in [6.07, 6.45) is -0.652. The third-order valence-electron chi connectivity index (χ3n) is 5.15. The van der Waals surface area contributed by atoms with E-state index in [0.29, 0.717) is 16.5 Å². The van der Waals surface area contributed by atoms with Gasteiger partial charge in [-0.25, -0.2) is 4.79 Å². The number of carbonyl (C=O) groups is 3. The van der Waals surface area contributed by atoms with E-state index < -0.39 is 35.1 Å². The molecule has 0 aromatic heterocycles. The third-order valence-corrected chi connectivity index (χ3v) is 5.15. The Morgan fingerprint density at radius 1 is 0.828 bits per heavy atom. The lowest BCUT2D eigenvalue weighted by Crippen LogP contribution is -2.40. The average molecular weight is 388 g/mol. The van der Waals surface area contributed by atoms with E-state index in [0.717, 1.165) is 5.39 Å². The Balaban J connectivity index is 2.08. The summed E-state index contributed by atoms with van der Waals surface area (Å²) < 4.78 is 0. The van der Waals surface area contributed by atoms with Gasteiger partial charge in [0.25, 0.3) is 0 Å². The second-order valence-corrected chi connectivity index (χ2v) is 6.96. The Hall–Kier alpha value is -3.73. The van der Waals surface area contributed by atoms with Crippen LogP contribution in [-0.4, -0.2) is 27.9 Å². The van der Waals surface area contributed by atoms with Crippen LogP contribution < -0.4 is 0 Å². The quantitative estimate of drug-likeness (QED) is 0.442. The summed E-state index contributed by atoms with van der Waals surface area (Å²) >= 11 is 0. The van der Waals surface area contributed by atoms with Crippen molar-refractivity contribution in [3.05, 3.63) is 96.1 Å². The minimum absolute atomic E-state index is 0.148. The van der Waals surface area contributed by atoms with Crippen molar-refractivity contribution < 1.29 is 24.6 Å². The molecule has 0 aliphatic carbocycles. The normalized spacial score (nSPS) is 12.8. The molecule has 0 amide bonds. The highest BCUT2D eigenvalue weighted by atomic mass is 16.4. The molecular weight excluding hydrogens is 368 g/mol. The topological polar surface area (TPSA) is 91.7 Å². The lowest BCUT2D eigenvalue weighted by Gasteiger charge is -2.29. The van der Waals surface area contributed by atoms with E-state index in [1.54, 1.807) is 54.6 Å². The Kier molecular flexibility index (Phi) is 5.59. The van der Waals surface area contributed by atoms with Gasteiger partial charge in [-0.3, -0.25) is 9.59 Å². The van der Waals surface area contributed by atoms with Crippen LogP contribution in [0.15, 0.2) is 84.9 Å². The monoisotopic (exact) mass is 388 g/mol. The van der Waals surface area contributed by atoms with Crippen molar-refractivity contribution in [2.24, 2.45) is 5.41 Å². The molecule has 0 bridgehead atoms. The van der Waals surface area contributed by atoms with Crippen molar-refractivity contribution >= 4 is 28.5 Å². The SMILES string of the molecule is C=C(C(=O)O)C(CC(=O)c1cccc2ccccc12)(Cc1ccccc1)C(=O)O. The maximum atomic E-state index is 13.2. The molecule has 1 atom stereocenters. The van der Waals surface area contributed by atoms with Crippen molar-refractivity contribution in [3.63, 3.8) is 0 Å². The summed E-state index contributed by atoms with van der Waals surface area (Å²) in [6, 6.07) is 21.1. The molecule has 3 aromatic carbocycles. The zero-order valence-corrected chi connectivity index (χ0v) is 15.7. The Morgan fingerprint density at radius 3 is 2.10 bits per heavy atom. The first-order valence-corrected chi connectivity index (χ1v) is 9.06. The third kappa shape index (κ3) is 3.94. The van der Waals surface area contributed by atoms with Crippen LogP contribution in [0.1, 0.15) is 22.3 Å². The van der Waals surface area contributed by atoms with Gasteiger partial charge in [0.1, 0.15) is 5.41 Å². The van der Waals surface area contributed by atoms with Crippen LogP contribution in [0.25, 0.3) is 10.8 Å². The Bertz CT molecular complexity index is 1100. The number of ketones is 1. The van der Waals surface area contributed by atoms with Crippen LogP contribution in [0.4, 0.5) is 0 Å². The van der Waals surface area contributed by atoms with E-state index in [1.165, 1.54) is 0 Å². The molecule has 1 unspecified atom stereocenters. The fourth-order valence-electron chi connectivity index (χ4n) is 3.54. The highest BCUT2D eigenvalue weighted by molar-refractivity contribution is 6.10. The molecule has 0 saturated carbocycles. The minimum atomic E-state index is -1.96. The van der Waals surface area contributed by atoms with E-state index in [1.807, 2.05) is 18.2 Å². The van der Waals surface area contributed by atoms with E-state index in [9.17, 15) is 24.6 Å². The molecule has 146 valence electrons. The lowest BCUT2D eigenvalue weighted by atomic mass is 9.71. The minimum Gasteiger partial charge on any atom is -0.481 e. The van der Waals surface area contributed by atoms with Crippen molar-refractivity contribution in [1.29, 1.82) is 0 Å². The molecule has 0 heterocycles. The van der Waals surface area contributed by atoms with Crippen molar-refractivity contribution in [1.82, 2.24) is 0 Å². The molecule has 5 nitrogen and oxygen atoms in total. The number of aliphatic carboxylic acids is 2. The van der Waals surface area contributed by atoms with Gasteiger partial charge in [0.05, 0.1) is 0 Å². The van der Waals surface area contributed by atoms with Crippen LogP contribution >= 0.6 is 0 Å². The van der Waals surface area contributed by atoms with Crippen molar-refractivity contribution in [2.45, 2.75) is 12.8 Å². The Labute approximate surface area is 167 Å². The highest BCUT2D eigenvalue weighted by Crippen LogP contribution is 2.37. The van der Waals surface area contributed by atoms with Crippen LogP contribution in [0, 0.1) is 5.41 Å². The predicted octanol–water partition coefficient (Wildman–Crippen LogP) is 4.37. The maximum absolute atomic E-state index is 13.2. The Morgan fingerprint density at radius 2 is 1.45 bits per heavy atom. The summed E-state index contributed by atoms with van der Waals surface area (Å²) in [4.78, 5) is 37.2. The molecule has 0 aliphatic heterocycles. The number of hydrogen-bond donors (Lipinski definition) is 2. The summed E-state index contributed by atoms with van der Waals surface area (Å²) in [5.41, 5.74) is -1.49. The number of Topliss-reactive ketones (excluding diaryl/α,β-unsaturated/α-hetero) is 1. The smallest absolute Gasteiger partial charge is 0.332 e. The van der Waals surface area contributed by atoms with Gasteiger partial charge in [-0.05, 0) is 22.8 Å². The molecule has 3 aromatic rings. The zero-order chi connectivity index (χ0) is 21.0.